The van der Waals surface area contributed by atoms with Crippen molar-refractivity contribution in [2.45, 2.75) is 39.6 Å². The Kier molecular flexibility index (Phi) is 5.18. The lowest BCUT2D eigenvalue weighted by molar-refractivity contribution is 0.152. The van der Waals surface area contributed by atoms with Gasteiger partial charge in [-0.3, -0.25) is 14.9 Å². The molecule has 30 heavy (non-hydrogen) atoms. The zero-order valence-corrected chi connectivity index (χ0v) is 18.1. The standard InChI is InChI=1S/C21H21Cl2N3O4/c1-21(2,3)19(12-6-7-13(23)30-12)26-16-15(17(27)18(16)28)25-11-5-4-10(22)9-8-24-20(29)14(9)11/h4-7,19-20,24-26,29H,8H2,1-3H3/t19-,20?/m0/s1. The molecule has 0 bridgehead atoms. The molecule has 7 nitrogen and oxygen atoms in total. The molecule has 1 aliphatic heterocycles. The maximum absolute atomic E-state index is 12.4. The molecule has 9 heteroatoms. The molecule has 2 heterocycles. The van der Waals surface area contributed by atoms with Gasteiger partial charge >= 0.3 is 0 Å². The Balaban J connectivity index is 1.69. The second-order valence-corrected chi connectivity index (χ2v) is 9.17. The maximum atomic E-state index is 12.4. The summed E-state index contributed by atoms with van der Waals surface area (Å²) in [6, 6.07) is 6.31. The van der Waals surface area contributed by atoms with E-state index in [-0.39, 0.29) is 22.0 Å². The van der Waals surface area contributed by atoms with Gasteiger partial charge in [0.15, 0.2) is 5.22 Å². The van der Waals surface area contributed by atoms with E-state index in [1.807, 2.05) is 20.8 Å². The van der Waals surface area contributed by atoms with Gasteiger partial charge in [0.1, 0.15) is 23.4 Å². The molecule has 0 fully saturated rings. The fourth-order valence-electron chi connectivity index (χ4n) is 3.67. The van der Waals surface area contributed by atoms with Crippen molar-refractivity contribution in [1.29, 1.82) is 0 Å². The predicted molar refractivity (Wildman–Crippen MR) is 117 cm³/mol. The van der Waals surface area contributed by atoms with Crippen LogP contribution >= 0.6 is 23.2 Å². The first-order valence-electron chi connectivity index (χ1n) is 9.42. The van der Waals surface area contributed by atoms with Crippen LogP contribution in [0.15, 0.2) is 38.3 Å². The van der Waals surface area contributed by atoms with Crippen LogP contribution in [0.5, 0.6) is 0 Å². The van der Waals surface area contributed by atoms with Gasteiger partial charge in [-0.05, 0) is 46.8 Å². The fourth-order valence-corrected chi connectivity index (χ4v) is 4.05. The van der Waals surface area contributed by atoms with Crippen LogP contribution in [0.4, 0.5) is 17.1 Å². The first-order chi connectivity index (χ1) is 14.1. The van der Waals surface area contributed by atoms with E-state index in [4.69, 9.17) is 27.6 Å². The molecule has 1 aliphatic rings. The molecule has 3 aromatic rings. The highest BCUT2D eigenvalue weighted by molar-refractivity contribution is 6.31. The molecule has 1 aromatic heterocycles. The smallest absolute Gasteiger partial charge is 0.253 e. The molecule has 0 spiro atoms. The lowest BCUT2D eigenvalue weighted by Gasteiger charge is -2.31. The molecular formula is C21H21Cl2N3O4. The Bertz CT molecular complexity index is 1190. The summed E-state index contributed by atoms with van der Waals surface area (Å²) >= 11 is 12.1. The quantitative estimate of drug-likeness (QED) is 0.432. The minimum atomic E-state index is -0.920. The number of nitrogens with one attached hydrogen (secondary N) is 3. The van der Waals surface area contributed by atoms with E-state index >= 15 is 0 Å². The summed E-state index contributed by atoms with van der Waals surface area (Å²) in [5.41, 5.74) is 0.523. The molecule has 0 saturated heterocycles. The number of hydrogen-bond donors (Lipinski definition) is 4. The first-order valence-corrected chi connectivity index (χ1v) is 10.2. The summed E-state index contributed by atoms with van der Waals surface area (Å²) in [5, 5.41) is 20.1. The molecule has 2 atom stereocenters. The number of rotatable bonds is 5. The highest BCUT2D eigenvalue weighted by atomic mass is 35.5. The van der Waals surface area contributed by atoms with Crippen LogP contribution in [-0.2, 0) is 6.54 Å². The van der Waals surface area contributed by atoms with E-state index in [1.165, 1.54) is 0 Å². The van der Waals surface area contributed by atoms with Crippen LogP contribution < -0.4 is 26.8 Å². The molecule has 4 N–H and O–H groups in total. The van der Waals surface area contributed by atoms with Gasteiger partial charge < -0.3 is 20.2 Å². The van der Waals surface area contributed by atoms with Gasteiger partial charge in [-0.1, -0.05) is 32.4 Å². The zero-order valence-electron chi connectivity index (χ0n) is 16.6. The van der Waals surface area contributed by atoms with Crippen molar-refractivity contribution in [3.05, 3.63) is 71.8 Å². The molecule has 0 aliphatic carbocycles. The molecule has 0 amide bonds. The van der Waals surface area contributed by atoms with Gasteiger partial charge in [0, 0.05) is 22.8 Å². The van der Waals surface area contributed by atoms with Crippen molar-refractivity contribution in [3.63, 3.8) is 0 Å². The maximum Gasteiger partial charge on any atom is 0.253 e. The molecule has 0 saturated carbocycles. The second kappa shape index (κ2) is 7.42. The lowest BCUT2D eigenvalue weighted by atomic mass is 9.85. The van der Waals surface area contributed by atoms with E-state index in [0.29, 0.717) is 28.6 Å². The Hall–Kier alpha value is -2.32. The molecule has 4 rings (SSSR count). The van der Waals surface area contributed by atoms with Crippen LogP contribution in [-0.4, -0.2) is 5.11 Å². The number of furan rings is 1. The Labute approximate surface area is 182 Å². The largest absolute Gasteiger partial charge is 0.447 e. The fraction of sp³-hybridized carbons (Fsp3) is 0.333. The third-order valence-corrected chi connectivity index (χ3v) is 5.81. The van der Waals surface area contributed by atoms with E-state index in [2.05, 4.69) is 16.0 Å². The molecule has 1 unspecified atom stereocenters. The third-order valence-electron chi connectivity index (χ3n) is 5.25. The molecule has 2 aromatic carbocycles. The summed E-state index contributed by atoms with van der Waals surface area (Å²) < 4.78 is 5.55. The highest BCUT2D eigenvalue weighted by Crippen LogP contribution is 2.40. The van der Waals surface area contributed by atoms with Crippen molar-refractivity contribution in [1.82, 2.24) is 5.32 Å². The van der Waals surface area contributed by atoms with Gasteiger partial charge in [-0.15, -0.1) is 0 Å². The van der Waals surface area contributed by atoms with Crippen LogP contribution in [0, 0.1) is 5.41 Å². The summed E-state index contributed by atoms with van der Waals surface area (Å²) in [4.78, 5) is 24.7. The SMILES string of the molecule is CC(C)(C)[C@@H](Nc1c(Nc2ccc(Cl)c3c2C(O)NC3)c(=O)c1=O)c1ccc(Cl)o1. The van der Waals surface area contributed by atoms with Gasteiger partial charge in [-0.25, -0.2) is 0 Å². The average molecular weight is 450 g/mol. The molecule has 158 valence electrons. The van der Waals surface area contributed by atoms with Crippen molar-refractivity contribution >= 4 is 40.3 Å². The van der Waals surface area contributed by atoms with Crippen LogP contribution in [0.25, 0.3) is 0 Å². The molecule has 0 radical (unpaired) electrons. The van der Waals surface area contributed by atoms with Crippen molar-refractivity contribution in [2.75, 3.05) is 10.6 Å². The van der Waals surface area contributed by atoms with Gasteiger partial charge in [0.25, 0.3) is 10.9 Å². The number of aliphatic hydroxyl groups excluding tert-OH is 1. The van der Waals surface area contributed by atoms with Crippen molar-refractivity contribution < 1.29 is 9.52 Å². The van der Waals surface area contributed by atoms with E-state index in [1.54, 1.807) is 24.3 Å². The van der Waals surface area contributed by atoms with Gasteiger partial charge in [0.2, 0.25) is 0 Å². The van der Waals surface area contributed by atoms with Crippen molar-refractivity contribution in [2.24, 2.45) is 5.41 Å². The van der Waals surface area contributed by atoms with Crippen LogP contribution in [0.2, 0.25) is 10.2 Å². The minimum absolute atomic E-state index is 0.135. The third kappa shape index (κ3) is 3.52. The van der Waals surface area contributed by atoms with Gasteiger partial charge in [0.05, 0.1) is 6.04 Å². The Morgan fingerprint density at radius 3 is 2.47 bits per heavy atom. The lowest BCUT2D eigenvalue weighted by Crippen LogP contribution is -2.39. The van der Waals surface area contributed by atoms with Crippen LogP contribution in [0.1, 0.15) is 49.9 Å². The van der Waals surface area contributed by atoms with E-state index in [9.17, 15) is 14.7 Å². The summed E-state index contributed by atoms with van der Waals surface area (Å²) in [7, 11) is 0. The number of anilines is 3. The Morgan fingerprint density at radius 2 is 1.83 bits per heavy atom. The summed E-state index contributed by atoms with van der Waals surface area (Å²) in [6.45, 7) is 6.35. The normalized spacial score (nSPS) is 17.2. The van der Waals surface area contributed by atoms with Gasteiger partial charge in [-0.2, -0.15) is 0 Å². The summed E-state index contributed by atoms with van der Waals surface area (Å²) in [6.07, 6.45) is -0.920. The second-order valence-electron chi connectivity index (χ2n) is 8.39. The number of hydrogen-bond acceptors (Lipinski definition) is 7. The zero-order chi connectivity index (χ0) is 21.8. The molecular weight excluding hydrogens is 429 g/mol. The van der Waals surface area contributed by atoms with Crippen molar-refractivity contribution in [3.8, 4) is 0 Å². The topological polar surface area (TPSA) is 104 Å². The minimum Gasteiger partial charge on any atom is -0.447 e. The van der Waals surface area contributed by atoms with E-state index < -0.39 is 23.1 Å². The monoisotopic (exact) mass is 449 g/mol. The Morgan fingerprint density at radius 1 is 1.13 bits per heavy atom. The number of benzene rings is 1. The number of fused-ring (bicyclic) bond motifs is 1. The summed E-state index contributed by atoms with van der Waals surface area (Å²) in [5.74, 6) is 0.554. The average Bonchev–Trinajstić information content (AvgIpc) is 3.28. The number of halogens is 2. The number of aliphatic hydroxyl groups is 1. The van der Waals surface area contributed by atoms with Crippen LogP contribution in [0.3, 0.4) is 0 Å². The predicted octanol–water partition coefficient (Wildman–Crippen LogP) is 4.22. The highest BCUT2D eigenvalue weighted by Gasteiger charge is 2.34. The first kappa shape index (κ1) is 20.9. The van der Waals surface area contributed by atoms with E-state index in [0.717, 1.165) is 5.56 Å².